The number of ether oxygens (including phenoxy) is 1. The fourth-order valence-corrected chi connectivity index (χ4v) is 3.80. The number of benzene rings is 2. The lowest BCUT2D eigenvalue weighted by Crippen LogP contribution is -2.43. The van der Waals surface area contributed by atoms with Gasteiger partial charge in [-0.2, -0.15) is 0 Å². The topological polar surface area (TPSA) is 68.2 Å². The summed E-state index contributed by atoms with van der Waals surface area (Å²) in [6.07, 6.45) is 2.16. The van der Waals surface area contributed by atoms with Crippen LogP contribution < -0.4 is 15.4 Å². The lowest BCUT2D eigenvalue weighted by Gasteiger charge is -2.34. The van der Waals surface area contributed by atoms with Gasteiger partial charge in [-0.05, 0) is 55.6 Å². The summed E-state index contributed by atoms with van der Waals surface area (Å²) < 4.78 is 7.85. The van der Waals surface area contributed by atoms with E-state index >= 15 is 0 Å². The Morgan fingerprint density at radius 2 is 1.86 bits per heavy atom. The van der Waals surface area contributed by atoms with Crippen LogP contribution in [0.4, 0.5) is 0 Å². The van der Waals surface area contributed by atoms with Crippen LogP contribution in [0, 0.1) is 5.41 Å². The van der Waals surface area contributed by atoms with Crippen molar-refractivity contribution in [3.8, 4) is 5.75 Å². The highest BCUT2D eigenvalue weighted by molar-refractivity contribution is 5.81. The molecule has 2 N–H and O–H groups in total. The van der Waals surface area contributed by atoms with E-state index in [1.165, 1.54) is 0 Å². The normalized spacial score (nSPS) is 15.9. The van der Waals surface area contributed by atoms with Gasteiger partial charge in [0.15, 0.2) is 0 Å². The van der Waals surface area contributed by atoms with Gasteiger partial charge < -0.3 is 19.9 Å². The van der Waals surface area contributed by atoms with Crippen molar-refractivity contribution in [1.82, 2.24) is 20.2 Å². The first-order chi connectivity index (χ1) is 14.1. The number of nitrogens with one attached hydrogen (secondary N) is 2. The van der Waals surface area contributed by atoms with Gasteiger partial charge in [0, 0.05) is 6.54 Å². The Labute approximate surface area is 171 Å². The molecule has 2 aromatic carbocycles. The minimum atomic E-state index is 0.00821. The molecule has 1 aromatic heterocycles. The summed E-state index contributed by atoms with van der Waals surface area (Å²) in [4.78, 5) is 17.4. The van der Waals surface area contributed by atoms with Crippen LogP contribution in [0.5, 0.6) is 5.75 Å². The van der Waals surface area contributed by atoms with Crippen molar-refractivity contribution >= 4 is 16.9 Å². The number of fused-ring (bicyclic) bond motifs is 1. The van der Waals surface area contributed by atoms with Gasteiger partial charge in [0.25, 0.3) is 0 Å². The van der Waals surface area contributed by atoms with Crippen LogP contribution in [0.1, 0.15) is 25.6 Å². The molecule has 0 atom stereocenters. The molecule has 1 aliphatic rings. The van der Waals surface area contributed by atoms with Gasteiger partial charge in [-0.25, -0.2) is 4.98 Å². The Balaban J connectivity index is 1.47. The van der Waals surface area contributed by atoms with Gasteiger partial charge in [-0.15, -0.1) is 0 Å². The number of carbonyl (C=O) groups is 1. The first-order valence-electron chi connectivity index (χ1n) is 10.2. The van der Waals surface area contributed by atoms with E-state index in [4.69, 9.17) is 9.72 Å². The molecule has 0 spiro atoms. The Hall–Kier alpha value is -2.86. The molecule has 1 amide bonds. The van der Waals surface area contributed by atoms with Crippen molar-refractivity contribution in [2.75, 3.05) is 19.6 Å². The van der Waals surface area contributed by atoms with Gasteiger partial charge >= 0.3 is 0 Å². The van der Waals surface area contributed by atoms with Crippen molar-refractivity contribution in [3.63, 3.8) is 0 Å². The summed E-state index contributed by atoms with van der Waals surface area (Å²) in [5.74, 6) is 1.54. The Kier molecular flexibility index (Phi) is 5.81. The van der Waals surface area contributed by atoms with E-state index in [0.717, 1.165) is 48.5 Å². The van der Waals surface area contributed by atoms with Crippen molar-refractivity contribution in [2.45, 2.75) is 32.9 Å². The minimum Gasteiger partial charge on any atom is -0.486 e. The van der Waals surface area contributed by atoms with E-state index in [0.29, 0.717) is 13.2 Å². The maximum Gasteiger partial charge on any atom is 0.240 e. The summed E-state index contributed by atoms with van der Waals surface area (Å²) >= 11 is 0. The van der Waals surface area contributed by atoms with E-state index in [9.17, 15) is 4.79 Å². The number of hydrogen-bond donors (Lipinski definition) is 2. The number of carbonyl (C=O) groups excluding carboxylic acids is 1. The lowest BCUT2D eigenvalue weighted by molar-refractivity contribution is -0.122. The standard InChI is InChI=1S/C23H28N4O2/c1-23(11-13-24-14-12-23)17-25-22(28)15-27-20-10-6-5-9-19(20)26-21(27)16-29-18-7-3-2-4-8-18/h2-10,24H,11-17H2,1H3,(H,25,28). The predicted molar refractivity (Wildman–Crippen MR) is 114 cm³/mol. The number of rotatable bonds is 7. The maximum absolute atomic E-state index is 12.7. The van der Waals surface area contributed by atoms with Crippen LogP contribution in [0.25, 0.3) is 11.0 Å². The third kappa shape index (κ3) is 4.77. The summed E-state index contributed by atoms with van der Waals surface area (Å²) in [7, 11) is 0. The molecule has 3 aromatic rings. The SMILES string of the molecule is CC1(CNC(=O)Cn2c(COc3ccccc3)nc3ccccc32)CCNCC1. The van der Waals surface area contributed by atoms with Crippen LogP contribution in [0.3, 0.4) is 0 Å². The zero-order valence-electron chi connectivity index (χ0n) is 16.9. The Morgan fingerprint density at radius 1 is 1.14 bits per heavy atom. The molecule has 1 saturated heterocycles. The molecule has 6 heteroatoms. The highest BCUT2D eigenvalue weighted by Gasteiger charge is 2.27. The molecule has 152 valence electrons. The lowest BCUT2D eigenvalue weighted by atomic mass is 9.81. The molecule has 4 rings (SSSR count). The summed E-state index contributed by atoms with van der Waals surface area (Å²) in [6, 6.07) is 17.5. The van der Waals surface area contributed by atoms with Gasteiger partial charge in [-0.3, -0.25) is 4.79 Å². The van der Waals surface area contributed by atoms with Crippen LogP contribution in [-0.2, 0) is 17.9 Å². The van der Waals surface area contributed by atoms with Gasteiger partial charge in [0.2, 0.25) is 5.91 Å². The number of para-hydroxylation sites is 3. The van der Waals surface area contributed by atoms with Crippen LogP contribution in [0.15, 0.2) is 54.6 Å². The molecule has 6 nitrogen and oxygen atoms in total. The molecule has 0 bridgehead atoms. The summed E-state index contributed by atoms with van der Waals surface area (Å²) in [6.45, 7) is 5.53. The molecule has 1 fully saturated rings. The third-order valence-electron chi connectivity index (χ3n) is 5.67. The van der Waals surface area contributed by atoms with Crippen molar-refractivity contribution in [1.29, 1.82) is 0 Å². The zero-order valence-corrected chi connectivity index (χ0v) is 16.9. The highest BCUT2D eigenvalue weighted by atomic mass is 16.5. The van der Waals surface area contributed by atoms with Gasteiger partial charge in [0.1, 0.15) is 24.7 Å². The quantitative estimate of drug-likeness (QED) is 0.648. The molecular formula is C23H28N4O2. The monoisotopic (exact) mass is 392 g/mol. The smallest absolute Gasteiger partial charge is 0.240 e. The van der Waals surface area contributed by atoms with Crippen molar-refractivity contribution in [3.05, 3.63) is 60.4 Å². The van der Waals surface area contributed by atoms with E-state index in [2.05, 4.69) is 17.6 Å². The molecule has 0 aliphatic carbocycles. The van der Waals surface area contributed by atoms with E-state index in [-0.39, 0.29) is 17.9 Å². The zero-order chi connectivity index (χ0) is 20.1. The fourth-order valence-electron chi connectivity index (χ4n) is 3.80. The molecule has 29 heavy (non-hydrogen) atoms. The van der Waals surface area contributed by atoms with E-state index < -0.39 is 0 Å². The van der Waals surface area contributed by atoms with Gasteiger partial charge in [-0.1, -0.05) is 37.3 Å². The minimum absolute atomic E-state index is 0.00821. The molecule has 1 aliphatic heterocycles. The first kappa shape index (κ1) is 19.5. The fraction of sp³-hybridized carbons (Fsp3) is 0.391. The predicted octanol–water partition coefficient (Wildman–Crippen LogP) is 3.12. The van der Waals surface area contributed by atoms with E-state index in [1.807, 2.05) is 59.2 Å². The van der Waals surface area contributed by atoms with E-state index in [1.54, 1.807) is 0 Å². The number of piperidine rings is 1. The van der Waals surface area contributed by atoms with Crippen LogP contribution >= 0.6 is 0 Å². The Bertz CT molecular complexity index is 961. The molecule has 0 saturated carbocycles. The second-order valence-electron chi connectivity index (χ2n) is 8.04. The largest absolute Gasteiger partial charge is 0.486 e. The number of imidazole rings is 1. The Morgan fingerprint density at radius 3 is 2.66 bits per heavy atom. The van der Waals surface area contributed by atoms with Gasteiger partial charge in [0.05, 0.1) is 11.0 Å². The summed E-state index contributed by atoms with van der Waals surface area (Å²) in [5.41, 5.74) is 1.98. The maximum atomic E-state index is 12.7. The summed E-state index contributed by atoms with van der Waals surface area (Å²) in [5, 5.41) is 6.52. The number of nitrogens with zero attached hydrogens (tertiary/aromatic N) is 2. The number of aromatic nitrogens is 2. The van der Waals surface area contributed by atoms with Crippen molar-refractivity contribution < 1.29 is 9.53 Å². The average molecular weight is 393 g/mol. The molecule has 0 radical (unpaired) electrons. The number of hydrogen-bond acceptors (Lipinski definition) is 4. The average Bonchev–Trinajstić information content (AvgIpc) is 3.10. The third-order valence-corrected chi connectivity index (χ3v) is 5.67. The second kappa shape index (κ2) is 8.66. The second-order valence-corrected chi connectivity index (χ2v) is 8.04. The highest BCUT2D eigenvalue weighted by Crippen LogP contribution is 2.26. The molecule has 0 unspecified atom stereocenters. The number of amides is 1. The van der Waals surface area contributed by atoms with Crippen LogP contribution in [-0.4, -0.2) is 35.1 Å². The van der Waals surface area contributed by atoms with Crippen LogP contribution in [0.2, 0.25) is 0 Å². The first-order valence-corrected chi connectivity index (χ1v) is 10.2. The molecular weight excluding hydrogens is 364 g/mol. The van der Waals surface area contributed by atoms with Crippen molar-refractivity contribution in [2.24, 2.45) is 5.41 Å². The molecule has 2 heterocycles.